The van der Waals surface area contributed by atoms with Crippen molar-refractivity contribution < 1.29 is 37.2 Å². The maximum absolute atomic E-state index is 2.26. The quantitative estimate of drug-likeness (QED) is 0.725. The minimum Gasteiger partial charge on any atom is -0.325 e. The molecule has 0 saturated carbocycles. The molecule has 0 fully saturated rings. The molecular formula is C11H18NY+. The number of nitrogens with zero attached hydrogens (tertiary/aromatic N) is 1. The van der Waals surface area contributed by atoms with Crippen LogP contribution >= 0.6 is 0 Å². The van der Waals surface area contributed by atoms with Crippen LogP contribution in [0.4, 0.5) is 0 Å². The molecule has 0 amide bonds. The van der Waals surface area contributed by atoms with Crippen LogP contribution in [0.5, 0.6) is 0 Å². The molecule has 0 aromatic heterocycles. The van der Waals surface area contributed by atoms with Gasteiger partial charge in [0.15, 0.2) is 0 Å². The van der Waals surface area contributed by atoms with Gasteiger partial charge in [-0.05, 0) is 6.92 Å². The predicted molar refractivity (Wildman–Crippen MR) is 52.8 cm³/mol. The average Bonchev–Trinajstić information content (AvgIpc) is 2.06. The summed E-state index contributed by atoms with van der Waals surface area (Å²) in [6.45, 7) is 4.52. The van der Waals surface area contributed by atoms with Crippen LogP contribution in [0.25, 0.3) is 0 Å². The molecule has 13 heavy (non-hydrogen) atoms. The van der Waals surface area contributed by atoms with Crippen molar-refractivity contribution in [1.82, 2.24) is 0 Å². The van der Waals surface area contributed by atoms with Gasteiger partial charge in [0, 0.05) is 38.3 Å². The van der Waals surface area contributed by atoms with Crippen molar-refractivity contribution in [3.63, 3.8) is 0 Å². The van der Waals surface area contributed by atoms with Gasteiger partial charge in [0.25, 0.3) is 0 Å². The maximum Gasteiger partial charge on any atom is 0.104 e. The zero-order valence-electron chi connectivity index (χ0n) is 8.83. The zero-order valence-corrected chi connectivity index (χ0v) is 11.7. The van der Waals surface area contributed by atoms with Gasteiger partial charge in [-0.25, -0.2) is 0 Å². The molecule has 0 aliphatic carbocycles. The Morgan fingerprint density at radius 1 is 1.08 bits per heavy atom. The molecule has 1 radical (unpaired) electrons. The molecule has 0 heterocycles. The van der Waals surface area contributed by atoms with E-state index in [9.17, 15) is 0 Å². The molecule has 0 saturated heterocycles. The van der Waals surface area contributed by atoms with Crippen molar-refractivity contribution in [2.45, 2.75) is 13.5 Å². The van der Waals surface area contributed by atoms with Gasteiger partial charge in [-0.15, -0.1) is 0 Å². The molecule has 1 aromatic rings. The monoisotopic (exact) mass is 253 g/mol. The van der Waals surface area contributed by atoms with Crippen molar-refractivity contribution >= 4 is 0 Å². The number of benzene rings is 1. The van der Waals surface area contributed by atoms with Crippen molar-refractivity contribution in [1.29, 1.82) is 0 Å². The van der Waals surface area contributed by atoms with Gasteiger partial charge in [0.1, 0.15) is 6.54 Å². The topological polar surface area (TPSA) is 0 Å². The molecule has 0 spiro atoms. The van der Waals surface area contributed by atoms with Crippen LogP contribution in [0.1, 0.15) is 12.5 Å². The van der Waals surface area contributed by atoms with E-state index >= 15 is 0 Å². The van der Waals surface area contributed by atoms with Crippen molar-refractivity contribution in [2.24, 2.45) is 0 Å². The van der Waals surface area contributed by atoms with E-state index in [-0.39, 0.29) is 32.7 Å². The molecular weight excluding hydrogens is 235 g/mol. The SMILES string of the molecule is CC[N+](C)(C)Cc1ccccc1.[Y]. The Balaban J connectivity index is 0.00000144. The van der Waals surface area contributed by atoms with Gasteiger partial charge in [0.05, 0.1) is 20.6 Å². The fourth-order valence-electron chi connectivity index (χ4n) is 1.19. The standard InChI is InChI=1S/C11H18N.Y/c1-4-12(2,3)10-11-8-6-5-7-9-11;/h5-9H,4,10H2,1-3H3;/q+1;. The number of hydrogen-bond donors (Lipinski definition) is 0. The van der Waals surface area contributed by atoms with Crippen molar-refractivity contribution in [3.05, 3.63) is 35.9 Å². The Hall–Kier alpha value is 0.284. The maximum atomic E-state index is 2.26. The number of hydrogen-bond acceptors (Lipinski definition) is 0. The normalized spacial score (nSPS) is 10.7. The summed E-state index contributed by atoms with van der Waals surface area (Å²) in [6, 6.07) is 10.6. The van der Waals surface area contributed by atoms with E-state index in [0.717, 1.165) is 11.0 Å². The summed E-state index contributed by atoms with van der Waals surface area (Å²) in [6.07, 6.45) is 0. The molecule has 1 rings (SSSR count). The van der Waals surface area contributed by atoms with Crippen LogP contribution in [0.15, 0.2) is 30.3 Å². The zero-order chi connectivity index (χ0) is 9.03. The number of rotatable bonds is 3. The molecule has 1 aromatic carbocycles. The molecule has 2 heteroatoms. The van der Waals surface area contributed by atoms with E-state index in [1.807, 2.05) is 0 Å². The molecule has 0 unspecified atom stereocenters. The van der Waals surface area contributed by atoms with E-state index in [1.165, 1.54) is 12.1 Å². The fourth-order valence-corrected chi connectivity index (χ4v) is 1.19. The van der Waals surface area contributed by atoms with E-state index in [4.69, 9.17) is 0 Å². The van der Waals surface area contributed by atoms with E-state index in [1.54, 1.807) is 0 Å². The number of quaternary nitrogens is 1. The largest absolute Gasteiger partial charge is 0.325 e. The minimum absolute atomic E-state index is 0. The van der Waals surface area contributed by atoms with Crippen LogP contribution in [-0.4, -0.2) is 25.1 Å². The Morgan fingerprint density at radius 3 is 2.08 bits per heavy atom. The first-order valence-corrected chi connectivity index (χ1v) is 4.50. The molecule has 69 valence electrons. The third-order valence-electron chi connectivity index (χ3n) is 2.31. The summed E-state index contributed by atoms with van der Waals surface area (Å²) in [5.74, 6) is 0. The van der Waals surface area contributed by atoms with Crippen LogP contribution in [0.3, 0.4) is 0 Å². The Kier molecular flexibility index (Phi) is 6.03. The first-order valence-electron chi connectivity index (χ1n) is 4.50. The van der Waals surface area contributed by atoms with Crippen molar-refractivity contribution in [2.75, 3.05) is 20.6 Å². The molecule has 0 aliphatic rings. The predicted octanol–water partition coefficient (Wildman–Crippen LogP) is 2.28. The first-order chi connectivity index (χ1) is 5.64. The van der Waals surface area contributed by atoms with Gasteiger partial charge in [-0.1, -0.05) is 30.3 Å². The molecule has 0 aliphatic heterocycles. The summed E-state index contributed by atoms with van der Waals surface area (Å²) in [5.41, 5.74) is 1.42. The minimum atomic E-state index is 0. The van der Waals surface area contributed by atoms with Crippen LogP contribution in [-0.2, 0) is 39.3 Å². The Morgan fingerprint density at radius 2 is 1.62 bits per heavy atom. The van der Waals surface area contributed by atoms with E-state index < -0.39 is 0 Å². The first kappa shape index (κ1) is 13.3. The van der Waals surface area contributed by atoms with Crippen LogP contribution in [0.2, 0.25) is 0 Å². The third kappa shape index (κ3) is 4.90. The van der Waals surface area contributed by atoms with Crippen LogP contribution in [0, 0.1) is 0 Å². The van der Waals surface area contributed by atoms with Crippen molar-refractivity contribution in [3.8, 4) is 0 Å². The molecule has 1 nitrogen and oxygen atoms in total. The second-order valence-corrected chi connectivity index (χ2v) is 3.90. The second-order valence-electron chi connectivity index (χ2n) is 3.90. The summed E-state index contributed by atoms with van der Waals surface area (Å²) < 4.78 is 1.06. The van der Waals surface area contributed by atoms with E-state index in [2.05, 4.69) is 51.4 Å². The van der Waals surface area contributed by atoms with E-state index in [0.29, 0.717) is 0 Å². The summed E-state index contributed by atoms with van der Waals surface area (Å²) in [5, 5.41) is 0. The molecule has 0 atom stereocenters. The fraction of sp³-hybridized carbons (Fsp3) is 0.455. The third-order valence-corrected chi connectivity index (χ3v) is 2.31. The molecule has 0 N–H and O–H groups in total. The summed E-state index contributed by atoms with van der Waals surface area (Å²) in [7, 11) is 4.51. The van der Waals surface area contributed by atoms with Gasteiger partial charge in [-0.2, -0.15) is 0 Å². The van der Waals surface area contributed by atoms with Gasteiger partial charge in [-0.3, -0.25) is 0 Å². The smallest absolute Gasteiger partial charge is 0.104 e. The van der Waals surface area contributed by atoms with Gasteiger partial charge >= 0.3 is 0 Å². The molecule has 0 bridgehead atoms. The van der Waals surface area contributed by atoms with Crippen LogP contribution < -0.4 is 0 Å². The summed E-state index contributed by atoms with van der Waals surface area (Å²) >= 11 is 0. The second kappa shape index (κ2) is 5.90. The Bertz CT molecular complexity index is 231. The van der Waals surface area contributed by atoms with Gasteiger partial charge < -0.3 is 4.48 Å². The average molecular weight is 253 g/mol. The van der Waals surface area contributed by atoms with Gasteiger partial charge in [0.2, 0.25) is 0 Å². The Labute approximate surface area is 107 Å². The summed E-state index contributed by atoms with van der Waals surface area (Å²) in [4.78, 5) is 0.